The average molecular weight is 422 g/mol. The van der Waals surface area contributed by atoms with Crippen LogP contribution in [0.2, 0.25) is 0 Å². The Morgan fingerprint density at radius 2 is 2.06 bits per heavy atom. The molecule has 2 fully saturated rings. The number of H-pyrrole nitrogens is 1. The van der Waals surface area contributed by atoms with Gasteiger partial charge in [-0.3, -0.25) is 20.0 Å². The lowest BCUT2D eigenvalue weighted by molar-refractivity contribution is -0.140. The number of guanidine groups is 1. The normalized spacial score (nSPS) is 19.9. The van der Waals surface area contributed by atoms with Crippen molar-refractivity contribution in [2.45, 2.75) is 38.1 Å². The maximum Gasteiger partial charge on any atom is 0.247 e. The van der Waals surface area contributed by atoms with E-state index in [1.807, 2.05) is 29.3 Å². The SMILES string of the molecule is N#CNC(=NC1CCCCN(CC(=O)N2CCCC2)C1=O)Nc1ccc2[nH]ncc2c1. The molecule has 2 aliphatic heterocycles. The van der Waals surface area contributed by atoms with Gasteiger partial charge in [0.2, 0.25) is 17.8 Å². The highest BCUT2D eigenvalue weighted by Gasteiger charge is 2.30. The Morgan fingerprint density at radius 3 is 2.87 bits per heavy atom. The van der Waals surface area contributed by atoms with E-state index in [9.17, 15) is 9.59 Å². The third-order valence-electron chi connectivity index (χ3n) is 5.70. The number of aromatic amines is 1. The zero-order valence-corrected chi connectivity index (χ0v) is 17.3. The second-order valence-electron chi connectivity index (χ2n) is 7.87. The molecule has 10 heteroatoms. The number of rotatable bonds is 4. The van der Waals surface area contributed by atoms with Crippen LogP contribution in [0.15, 0.2) is 29.4 Å². The number of aromatic nitrogens is 2. The molecule has 3 heterocycles. The van der Waals surface area contributed by atoms with Crippen LogP contribution in [0, 0.1) is 11.5 Å². The van der Waals surface area contributed by atoms with E-state index in [1.54, 1.807) is 11.1 Å². The number of fused-ring (bicyclic) bond motifs is 1. The summed E-state index contributed by atoms with van der Waals surface area (Å²) in [6.45, 7) is 2.18. The topological polar surface area (TPSA) is 130 Å². The molecule has 31 heavy (non-hydrogen) atoms. The summed E-state index contributed by atoms with van der Waals surface area (Å²) in [5.74, 6) is 0.0307. The molecular formula is C21H26N8O2. The molecule has 162 valence electrons. The van der Waals surface area contributed by atoms with Crippen molar-refractivity contribution in [1.82, 2.24) is 25.3 Å². The van der Waals surface area contributed by atoms with Crippen molar-refractivity contribution in [2.24, 2.45) is 4.99 Å². The molecule has 2 aliphatic rings. The summed E-state index contributed by atoms with van der Waals surface area (Å²) in [5, 5.41) is 22.6. The lowest BCUT2D eigenvalue weighted by atomic mass is 10.1. The van der Waals surface area contributed by atoms with E-state index in [0.717, 1.165) is 55.4 Å². The van der Waals surface area contributed by atoms with Crippen LogP contribution in [0.3, 0.4) is 0 Å². The lowest BCUT2D eigenvalue weighted by Crippen LogP contribution is -2.45. The maximum absolute atomic E-state index is 13.1. The summed E-state index contributed by atoms with van der Waals surface area (Å²) in [6, 6.07) is 4.95. The van der Waals surface area contributed by atoms with Crippen molar-refractivity contribution in [3.63, 3.8) is 0 Å². The number of likely N-dealkylation sites (tertiary alicyclic amines) is 2. The highest BCUT2D eigenvalue weighted by atomic mass is 16.2. The second-order valence-corrected chi connectivity index (χ2v) is 7.87. The molecule has 1 atom stereocenters. The lowest BCUT2D eigenvalue weighted by Gasteiger charge is -2.25. The third kappa shape index (κ3) is 4.94. The minimum Gasteiger partial charge on any atom is -0.341 e. The number of anilines is 1. The number of benzene rings is 1. The van der Waals surface area contributed by atoms with E-state index in [4.69, 9.17) is 5.26 Å². The average Bonchev–Trinajstić information content (AvgIpc) is 3.43. The fourth-order valence-electron chi connectivity index (χ4n) is 4.05. The minimum atomic E-state index is -0.644. The highest BCUT2D eigenvalue weighted by Crippen LogP contribution is 2.19. The van der Waals surface area contributed by atoms with Crippen LogP contribution in [0.25, 0.3) is 10.9 Å². The Kier molecular flexibility index (Phi) is 6.31. The molecule has 0 spiro atoms. The van der Waals surface area contributed by atoms with Gasteiger partial charge in [0.1, 0.15) is 6.04 Å². The van der Waals surface area contributed by atoms with Crippen molar-refractivity contribution < 1.29 is 9.59 Å². The van der Waals surface area contributed by atoms with Crippen LogP contribution in [0.5, 0.6) is 0 Å². The molecule has 0 radical (unpaired) electrons. The minimum absolute atomic E-state index is 0.00241. The van der Waals surface area contributed by atoms with Gasteiger partial charge in [-0.05, 0) is 50.3 Å². The molecule has 0 aliphatic carbocycles. The molecule has 2 amide bonds. The first kappa shape index (κ1) is 20.7. The van der Waals surface area contributed by atoms with Crippen LogP contribution in [0.4, 0.5) is 5.69 Å². The van der Waals surface area contributed by atoms with Gasteiger partial charge >= 0.3 is 0 Å². The van der Waals surface area contributed by atoms with Gasteiger partial charge in [-0.25, -0.2) is 4.99 Å². The van der Waals surface area contributed by atoms with Gasteiger partial charge in [-0.2, -0.15) is 10.4 Å². The van der Waals surface area contributed by atoms with Crippen molar-refractivity contribution in [2.75, 3.05) is 31.5 Å². The van der Waals surface area contributed by atoms with Crippen molar-refractivity contribution >= 4 is 34.4 Å². The van der Waals surface area contributed by atoms with Crippen LogP contribution >= 0.6 is 0 Å². The van der Waals surface area contributed by atoms with Gasteiger partial charge < -0.3 is 15.1 Å². The van der Waals surface area contributed by atoms with E-state index < -0.39 is 6.04 Å². The summed E-state index contributed by atoms with van der Waals surface area (Å²) in [7, 11) is 0. The predicted molar refractivity (Wildman–Crippen MR) is 116 cm³/mol. The fourth-order valence-corrected chi connectivity index (χ4v) is 4.05. The fraction of sp³-hybridized carbons (Fsp3) is 0.476. The molecule has 1 unspecified atom stereocenters. The number of hydrogen-bond acceptors (Lipinski definition) is 5. The van der Waals surface area contributed by atoms with E-state index in [0.29, 0.717) is 13.0 Å². The third-order valence-corrected chi connectivity index (χ3v) is 5.70. The molecule has 2 aromatic rings. The van der Waals surface area contributed by atoms with Gasteiger partial charge in [0.05, 0.1) is 18.3 Å². The van der Waals surface area contributed by atoms with Gasteiger partial charge in [-0.1, -0.05) is 0 Å². The van der Waals surface area contributed by atoms with Crippen molar-refractivity contribution in [1.29, 1.82) is 5.26 Å². The second kappa shape index (κ2) is 9.47. The molecule has 2 saturated heterocycles. The van der Waals surface area contributed by atoms with Gasteiger partial charge in [-0.15, -0.1) is 0 Å². The van der Waals surface area contributed by atoms with Crippen LogP contribution in [0.1, 0.15) is 32.1 Å². The van der Waals surface area contributed by atoms with Gasteiger partial charge in [0.25, 0.3) is 0 Å². The molecule has 1 aromatic heterocycles. The Balaban J connectivity index is 1.48. The molecule has 0 saturated carbocycles. The smallest absolute Gasteiger partial charge is 0.247 e. The Bertz CT molecular complexity index is 1020. The van der Waals surface area contributed by atoms with Crippen molar-refractivity contribution in [3.8, 4) is 6.19 Å². The summed E-state index contributed by atoms with van der Waals surface area (Å²) in [5.41, 5.74) is 1.62. The van der Waals surface area contributed by atoms with Crippen LogP contribution in [-0.2, 0) is 9.59 Å². The molecular weight excluding hydrogens is 396 g/mol. The summed E-state index contributed by atoms with van der Waals surface area (Å²) in [4.78, 5) is 33.6. The first-order chi connectivity index (χ1) is 15.1. The summed E-state index contributed by atoms with van der Waals surface area (Å²) < 4.78 is 0. The van der Waals surface area contributed by atoms with E-state index in [2.05, 4.69) is 25.8 Å². The number of nitriles is 1. The van der Waals surface area contributed by atoms with Gasteiger partial charge in [0, 0.05) is 30.7 Å². The van der Waals surface area contributed by atoms with E-state index in [-0.39, 0.29) is 24.3 Å². The van der Waals surface area contributed by atoms with E-state index >= 15 is 0 Å². The number of nitrogens with zero attached hydrogens (tertiary/aromatic N) is 5. The summed E-state index contributed by atoms with van der Waals surface area (Å²) >= 11 is 0. The Hall–Kier alpha value is -3.61. The first-order valence-corrected chi connectivity index (χ1v) is 10.6. The number of carbonyl (C=O) groups is 2. The molecule has 4 rings (SSSR count). The van der Waals surface area contributed by atoms with Crippen molar-refractivity contribution in [3.05, 3.63) is 24.4 Å². The predicted octanol–water partition coefficient (Wildman–Crippen LogP) is 1.40. The molecule has 0 bridgehead atoms. The molecule has 10 nitrogen and oxygen atoms in total. The first-order valence-electron chi connectivity index (χ1n) is 10.6. The number of carbonyl (C=O) groups excluding carboxylic acids is 2. The van der Waals surface area contributed by atoms with Crippen LogP contribution in [-0.4, -0.2) is 70.0 Å². The maximum atomic E-state index is 13.1. The van der Waals surface area contributed by atoms with Crippen LogP contribution < -0.4 is 10.6 Å². The Morgan fingerprint density at radius 1 is 1.26 bits per heavy atom. The van der Waals surface area contributed by atoms with E-state index in [1.165, 1.54) is 0 Å². The quantitative estimate of drug-likeness (QED) is 0.296. The molecule has 1 aromatic carbocycles. The monoisotopic (exact) mass is 422 g/mol. The van der Waals surface area contributed by atoms with Gasteiger partial charge in [0.15, 0.2) is 6.19 Å². The highest BCUT2D eigenvalue weighted by molar-refractivity contribution is 5.98. The largest absolute Gasteiger partial charge is 0.341 e. The number of amides is 2. The standard InChI is InChI=1S/C21H26N8O2/c22-14-23-21(25-16-6-7-17-15(11-16)12-24-27-17)26-18-5-1-2-10-29(20(18)31)13-19(30)28-8-3-4-9-28/h6-7,11-12,18H,1-5,8-10,13H2,(H,24,27)(H2,23,25,26). The number of nitrogens with one attached hydrogen (secondary N) is 3. The number of hydrogen-bond donors (Lipinski definition) is 3. The zero-order valence-electron chi connectivity index (χ0n) is 17.3. The number of aliphatic imine (C=N–C) groups is 1. The Labute approximate surface area is 180 Å². The molecule has 3 N–H and O–H groups in total. The zero-order chi connectivity index (χ0) is 21.6. The summed E-state index contributed by atoms with van der Waals surface area (Å²) in [6.07, 6.45) is 7.85.